The molecule has 0 aromatic heterocycles. The number of anilines is 2. The van der Waals surface area contributed by atoms with Crippen molar-refractivity contribution in [1.82, 2.24) is 0 Å². The standard InChI is InChI=1S/C16H24N2O3/c1-11(21-13-6-4-3-5-7-13)16(19)18-14-9-8-12(17)10-15(14)20-2/h8-11,13H,3-7,17H2,1-2H3,(H,18,19). The summed E-state index contributed by atoms with van der Waals surface area (Å²) in [7, 11) is 1.55. The summed E-state index contributed by atoms with van der Waals surface area (Å²) >= 11 is 0. The highest BCUT2D eigenvalue weighted by molar-refractivity contribution is 5.95. The molecule has 0 bridgehead atoms. The third kappa shape index (κ3) is 4.36. The molecule has 1 aromatic carbocycles. The van der Waals surface area contributed by atoms with Crippen LogP contribution in [0.3, 0.4) is 0 Å². The van der Waals surface area contributed by atoms with Gasteiger partial charge in [-0.3, -0.25) is 4.79 Å². The normalized spacial score (nSPS) is 17.2. The molecule has 0 saturated heterocycles. The molecule has 0 spiro atoms. The molecular weight excluding hydrogens is 268 g/mol. The van der Waals surface area contributed by atoms with Crippen LogP contribution < -0.4 is 15.8 Å². The van der Waals surface area contributed by atoms with Crippen molar-refractivity contribution in [2.45, 2.75) is 51.2 Å². The topological polar surface area (TPSA) is 73.6 Å². The van der Waals surface area contributed by atoms with E-state index in [4.69, 9.17) is 15.2 Å². The number of benzene rings is 1. The minimum absolute atomic E-state index is 0.163. The van der Waals surface area contributed by atoms with E-state index in [2.05, 4.69) is 5.32 Å². The molecule has 0 heterocycles. The van der Waals surface area contributed by atoms with Gasteiger partial charge in [-0.1, -0.05) is 19.3 Å². The van der Waals surface area contributed by atoms with Crippen molar-refractivity contribution in [3.05, 3.63) is 18.2 Å². The second-order valence-electron chi connectivity index (χ2n) is 5.49. The average Bonchev–Trinajstić information content (AvgIpc) is 2.49. The van der Waals surface area contributed by atoms with Gasteiger partial charge in [0.15, 0.2) is 0 Å². The van der Waals surface area contributed by atoms with Gasteiger partial charge in [0.1, 0.15) is 11.9 Å². The lowest BCUT2D eigenvalue weighted by molar-refractivity contribution is -0.131. The van der Waals surface area contributed by atoms with Crippen LogP contribution in [-0.4, -0.2) is 25.2 Å². The number of carbonyl (C=O) groups is 1. The SMILES string of the molecule is COc1cc(N)ccc1NC(=O)C(C)OC1CCCCC1. The number of methoxy groups -OCH3 is 1. The van der Waals surface area contributed by atoms with Crippen LogP contribution in [0.2, 0.25) is 0 Å². The molecule has 0 radical (unpaired) electrons. The molecule has 21 heavy (non-hydrogen) atoms. The highest BCUT2D eigenvalue weighted by Gasteiger charge is 2.21. The van der Waals surface area contributed by atoms with Gasteiger partial charge >= 0.3 is 0 Å². The zero-order chi connectivity index (χ0) is 15.2. The number of hydrogen-bond donors (Lipinski definition) is 2. The first-order valence-corrected chi connectivity index (χ1v) is 7.50. The van der Waals surface area contributed by atoms with E-state index >= 15 is 0 Å². The Morgan fingerprint density at radius 2 is 2.05 bits per heavy atom. The van der Waals surface area contributed by atoms with Crippen molar-refractivity contribution >= 4 is 17.3 Å². The van der Waals surface area contributed by atoms with Crippen LogP contribution in [0.25, 0.3) is 0 Å². The zero-order valence-corrected chi connectivity index (χ0v) is 12.7. The van der Waals surface area contributed by atoms with Gasteiger partial charge in [0, 0.05) is 11.8 Å². The molecule has 5 nitrogen and oxygen atoms in total. The molecule has 5 heteroatoms. The largest absolute Gasteiger partial charge is 0.494 e. The van der Waals surface area contributed by atoms with Crippen LogP contribution in [-0.2, 0) is 9.53 Å². The quantitative estimate of drug-likeness (QED) is 0.818. The third-order valence-corrected chi connectivity index (χ3v) is 3.80. The number of hydrogen-bond acceptors (Lipinski definition) is 4. The number of carbonyl (C=O) groups excluding carboxylic acids is 1. The summed E-state index contributed by atoms with van der Waals surface area (Å²) in [5.74, 6) is 0.386. The lowest BCUT2D eigenvalue weighted by atomic mass is 9.97. The Morgan fingerprint density at radius 1 is 1.33 bits per heavy atom. The summed E-state index contributed by atoms with van der Waals surface area (Å²) in [6, 6.07) is 5.15. The molecule has 1 aromatic rings. The Morgan fingerprint density at radius 3 is 2.71 bits per heavy atom. The van der Waals surface area contributed by atoms with Crippen molar-refractivity contribution in [3.8, 4) is 5.75 Å². The Labute approximate surface area is 125 Å². The number of ether oxygens (including phenoxy) is 2. The Kier molecular flexibility index (Phi) is 5.44. The summed E-state index contributed by atoms with van der Waals surface area (Å²) in [5, 5.41) is 2.83. The fraction of sp³-hybridized carbons (Fsp3) is 0.562. The summed E-state index contributed by atoms with van der Waals surface area (Å²) in [4.78, 5) is 12.2. The first-order valence-electron chi connectivity index (χ1n) is 7.50. The molecule has 1 amide bonds. The van der Waals surface area contributed by atoms with Crippen molar-refractivity contribution in [3.63, 3.8) is 0 Å². The smallest absolute Gasteiger partial charge is 0.253 e. The van der Waals surface area contributed by atoms with Crippen molar-refractivity contribution < 1.29 is 14.3 Å². The number of nitrogens with two attached hydrogens (primary N) is 1. The molecule has 1 atom stereocenters. The van der Waals surface area contributed by atoms with E-state index < -0.39 is 6.10 Å². The summed E-state index contributed by atoms with van der Waals surface area (Å²) in [6.07, 6.45) is 5.45. The minimum Gasteiger partial charge on any atom is -0.494 e. The first kappa shape index (κ1) is 15.6. The summed E-state index contributed by atoms with van der Waals surface area (Å²) < 4.78 is 11.1. The van der Waals surface area contributed by atoms with E-state index in [-0.39, 0.29) is 12.0 Å². The van der Waals surface area contributed by atoms with Gasteiger partial charge in [0.2, 0.25) is 0 Å². The van der Waals surface area contributed by atoms with Crippen molar-refractivity contribution in [2.75, 3.05) is 18.2 Å². The van der Waals surface area contributed by atoms with Gasteiger partial charge in [-0.05, 0) is 31.9 Å². The fourth-order valence-corrected chi connectivity index (χ4v) is 2.60. The van der Waals surface area contributed by atoms with Gasteiger partial charge < -0.3 is 20.5 Å². The van der Waals surface area contributed by atoms with Gasteiger partial charge in [-0.15, -0.1) is 0 Å². The molecule has 3 N–H and O–H groups in total. The second-order valence-corrected chi connectivity index (χ2v) is 5.49. The van der Waals surface area contributed by atoms with Crippen molar-refractivity contribution in [1.29, 1.82) is 0 Å². The van der Waals surface area contributed by atoms with Crippen LogP contribution >= 0.6 is 0 Å². The van der Waals surface area contributed by atoms with E-state index in [0.717, 1.165) is 12.8 Å². The van der Waals surface area contributed by atoms with E-state index in [9.17, 15) is 4.79 Å². The summed E-state index contributed by atoms with van der Waals surface area (Å²) in [6.45, 7) is 1.79. The van der Waals surface area contributed by atoms with E-state index in [1.54, 1.807) is 32.2 Å². The summed E-state index contributed by atoms with van der Waals surface area (Å²) in [5.41, 5.74) is 6.90. The lowest BCUT2D eigenvalue weighted by Gasteiger charge is -2.25. The van der Waals surface area contributed by atoms with Crippen molar-refractivity contribution in [2.24, 2.45) is 0 Å². The lowest BCUT2D eigenvalue weighted by Crippen LogP contribution is -2.32. The van der Waals surface area contributed by atoms with E-state index in [0.29, 0.717) is 17.1 Å². The molecule has 2 rings (SSSR count). The van der Waals surface area contributed by atoms with Gasteiger partial charge in [-0.2, -0.15) is 0 Å². The Bertz CT molecular complexity index is 484. The molecule has 1 unspecified atom stereocenters. The molecule has 1 saturated carbocycles. The maximum atomic E-state index is 12.2. The van der Waals surface area contributed by atoms with Crippen LogP contribution in [0, 0.1) is 0 Å². The maximum Gasteiger partial charge on any atom is 0.253 e. The monoisotopic (exact) mass is 292 g/mol. The zero-order valence-electron chi connectivity index (χ0n) is 12.7. The molecule has 1 aliphatic rings. The fourth-order valence-electron chi connectivity index (χ4n) is 2.60. The van der Waals surface area contributed by atoms with Crippen LogP contribution in [0.15, 0.2) is 18.2 Å². The first-order chi connectivity index (χ1) is 10.1. The number of rotatable bonds is 5. The third-order valence-electron chi connectivity index (χ3n) is 3.80. The molecular formula is C16H24N2O3. The van der Waals surface area contributed by atoms with Crippen LogP contribution in [0.4, 0.5) is 11.4 Å². The Hall–Kier alpha value is -1.75. The maximum absolute atomic E-state index is 12.2. The van der Waals surface area contributed by atoms with E-state index in [1.165, 1.54) is 19.3 Å². The second kappa shape index (κ2) is 7.31. The predicted octanol–water partition coefficient (Wildman–Crippen LogP) is 2.95. The van der Waals surface area contributed by atoms with Gasteiger partial charge in [0.25, 0.3) is 5.91 Å². The predicted molar refractivity (Wildman–Crippen MR) is 83.5 cm³/mol. The highest BCUT2D eigenvalue weighted by atomic mass is 16.5. The number of nitrogens with one attached hydrogen (secondary N) is 1. The molecule has 116 valence electrons. The van der Waals surface area contributed by atoms with Gasteiger partial charge in [-0.25, -0.2) is 0 Å². The van der Waals surface area contributed by atoms with E-state index in [1.807, 2.05) is 0 Å². The highest BCUT2D eigenvalue weighted by Crippen LogP contribution is 2.27. The Balaban J connectivity index is 1.93. The van der Waals surface area contributed by atoms with Crippen LogP contribution in [0.5, 0.6) is 5.75 Å². The average molecular weight is 292 g/mol. The number of nitrogen functional groups attached to an aromatic ring is 1. The minimum atomic E-state index is -0.477. The molecule has 1 fully saturated rings. The molecule has 1 aliphatic carbocycles. The van der Waals surface area contributed by atoms with Crippen LogP contribution in [0.1, 0.15) is 39.0 Å². The number of amides is 1. The molecule has 0 aliphatic heterocycles. The van der Waals surface area contributed by atoms with Gasteiger partial charge in [0.05, 0.1) is 18.9 Å².